The average molecular weight is 189 g/mol. The molecular formula is C13H19N. The van der Waals surface area contributed by atoms with Crippen LogP contribution in [0, 0.1) is 11.3 Å². The highest BCUT2D eigenvalue weighted by Crippen LogP contribution is 2.53. The fourth-order valence-corrected chi connectivity index (χ4v) is 2.35. The second-order valence-corrected chi connectivity index (χ2v) is 4.78. The lowest BCUT2D eigenvalue weighted by molar-refractivity contribution is 0.487. The molecule has 2 rings (SSSR count). The molecule has 0 radical (unpaired) electrons. The van der Waals surface area contributed by atoms with Crippen LogP contribution in [0.3, 0.4) is 0 Å². The minimum Gasteiger partial charge on any atom is -0.319 e. The molecule has 1 saturated carbocycles. The zero-order chi connectivity index (χ0) is 10.0. The SMILES string of the molecule is CNCC1CC1(C)Cc1ccccc1. The van der Waals surface area contributed by atoms with Crippen molar-refractivity contribution in [3.8, 4) is 0 Å². The van der Waals surface area contributed by atoms with Crippen molar-refractivity contribution in [1.29, 1.82) is 0 Å². The zero-order valence-corrected chi connectivity index (χ0v) is 9.09. The zero-order valence-electron chi connectivity index (χ0n) is 9.09. The van der Waals surface area contributed by atoms with Gasteiger partial charge in [0.15, 0.2) is 0 Å². The molecule has 0 amide bonds. The van der Waals surface area contributed by atoms with Crippen LogP contribution in [0.4, 0.5) is 0 Å². The van der Waals surface area contributed by atoms with Crippen molar-refractivity contribution in [3.05, 3.63) is 35.9 Å². The Labute approximate surface area is 86.5 Å². The summed E-state index contributed by atoms with van der Waals surface area (Å²) in [5.41, 5.74) is 2.04. The first-order valence-corrected chi connectivity index (χ1v) is 5.43. The van der Waals surface area contributed by atoms with Gasteiger partial charge in [0.2, 0.25) is 0 Å². The molecule has 0 aromatic heterocycles. The highest BCUT2D eigenvalue weighted by Gasteiger charge is 2.48. The van der Waals surface area contributed by atoms with Gasteiger partial charge in [0.05, 0.1) is 0 Å². The lowest BCUT2D eigenvalue weighted by Gasteiger charge is -2.10. The molecule has 2 unspecified atom stereocenters. The van der Waals surface area contributed by atoms with Gasteiger partial charge in [-0.2, -0.15) is 0 Å². The molecule has 1 aromatic rings. The molecule has 1 aliphatic rings. The van der Waals surface area contributed by atoms with Gasteiger partial charge >= 0.3 is 0 Å². The van der Waals surface area contributed by atoms with E-state index in [1.165, 1.54) is 24.9 Å². The van der Waals surface area contributed by atoms with Crippen LogP contribution in [0.1, 0.15) is 18.9 Å². The molecule has 14 heavy (non-hydrogen) atoms. The molecule has 0 aliphatic heterocycles. The van der Waals surface area contributed by atoms with Crippen molar-refractivity contribution in [3.63, 3.8) is 0 Å². The van der Waals surface area contributed by atoms with Gasteiger partial charge in [0.1, 0.15) is 0 Å². The van der Waals surface area contributed by atoms with Gasteiger partial charge in [0.25, 0.3) is 0 Å². The molecule has 2 atom stereocenters. The first-order valence-electron chi connectivity index (χ1n) is 5.43. The number of hydrogen-bond acceptors (Lipinski definition) is 1. The number of rotatable bonds is 4. The van der Waals surface area contributed by atoms with Gasteiger partial charge in [-0.15, -0.1) is 0 Å². The average Bonchev–Trinajstić information content (AvgIpc) is 2.78. The maximum absolute atomic E-state index is 3.27. The molecule has 1 heteroatoms. The summed E-state index contributed by atoms with van der Waals surface area (Å²) in [4.78, 5) is 0. The van der Waals surface area contributed by atoms with Gasteiger partial charge < -0.3 is 5.32 Å². The first kappa shape index (κ1) is 9.72. The molecule has 1 fully saturated rings. The Balaban J connectivity index is 1.94. The minimum atomic E-state index is 0.560. The van der Waals surface area contributed by atoms with Gasteiger partial charge in [-0.05, 0) is 43.3 Å². The summed E-state index contributed by atoms with van der Waals surface area (Å²) in [5.74, 6) is 0.882. The third kappa shape index (κ3) is 1.98. The number of nitrogens with one attached hydrogen (secondary N) is 1. The number of hydrogen-bond donors (Lipinski definition) is 1. The highest BCUT2D eigenvalue weighted by molar-refractivity contribution is 5.19. The van der Waals surface area contributed by atoms with E-state index >= 15 is 0 Å². The van der Waals surface area contributed by atoms with Crippen LogP contribution >= 0.6 is 0 Å². The third-order valence-corrected chi connectivity index (χ3v) is 3.44. The fraction of sp³-hybridized carbons (Fsp3) is 0.538. The Morgan fingerprint density at radius 3 is 2.71 bits per heavy atom. The Morgan fingerprint density at radius 1 is 1.36 bits per heavy atom. The van der Waals surface area contributed by atoms with Gasteiger partial charge in [0, 0.05) is 0 Å². The van der Waals surface area contributed by atoms with Crippen LogP contribution < -0.4 is 5.32 Å². The van der Waals surface area contributed by atoms with Crippen LogP contribution in [0.25, 0.3) is 0 Å². The monoisotopic (exact) mass is 189 g/mol. The summed E-state index contributed by atoms with van der Waals surface area (Å²) in [6, 6.07) is 10.8. The van der Waals surface area contributed by atoms with Crippen molar-refractivity contribution in [2.45, 2.75) is 19.8 Å². The molecular weight excluding hydrogens is 170 g/mol. The lowest BCUT2D eigenvalue weighted by atomic mass is 9.96. The van der Waals surface area contributed by atoms with Crippen molar-refractivity contribution in [1.82, 2.24) is 5.32 Å². The molecule has 0 spiro atoms. The number of benzene rings is 1. The van der Waals surface area contributed by atoms with Crippen LogP contribution in [0.5, 0.6) is 0 Å². The molecule has 1 aromatic carbocycles. The molecule has 1 nitrogen and oxygen atoms in total. The lowest BCUT2D eigenvalue weighted by Crippen LogP contribution is -2.14. The molecule has 1 N–H and O–H groups in total. The van der Waals surface area contributed by atoms with E-state index in [4.69, 9.17) is 0 Å². The smallest absolute Gasteiger partial charge is 0.00180 e. The quantitative estimate of drug-likeness (QED) is 0.767. The normalized spacial score (nSPS) is 30.3. The van der Waals surface area contributed by atoms with Crippen molar-refractivity contribution < 1.29 is 0 Å². The fourth-order valence-electron chi connectivity index (χ4n) is 2.35. The van der Waals surface area contributed by atoms with Crippen LogP contribution in [0.2, 0.25) is 0 Å². The van der Waals surface area contributed by atoms with Gasteiger partial charge in [-0.25, -0.2) is 0 Å². The van der Waals surface area contributed by atoms with E-state index in [0.29, 0.717) is 5.41 Å². The molecule has 1 aliphatic carbocycles. The summed E-state index contributed by atoms with van der Waals surface area (Å²) < 4.78 is 0. The maximum Gasteiger partial charge on any atom is -0.00180 e. The predicted octanol–water partition coefficient (Wildman–Crippen LogP) is 2.47. The molecule has 0 heterocycles. The van der Waals surface area contributed by atoms with Crippen molar-refractivity contribution in [2.75, 3.05) is 13.6 Å². The Bertz CT molecular complexity index is 293. The predicted molar refractivity (Wildman–Crippen MR) is 60.3 cm³/mol. The van der Waals surface area contributed by atoms with Crippen molar-refractivity contribution in [2.24, 2.45) is 11.3 Å². The Kier molecular flexibility index (Phi) is 2.60. The summed E-state index contributed by atoms with van der Waals surface area (Å²) in [7, 11) is 2.04. The second kappa shape index (κ2) is 3.74. The van der Waals surface area contributed by atoms with E-state index in [2.05, 4.69) is 42.6 Å². The summed E-state index contributed by atoms with van der Waals surface area (Å²) >= 11 is 0. The van der Waals surface area contributed by atoms with E-state index in [-0.39, 0.29) is 0 Å². The van der Waals surface area contributed by atoms with E-state index in [9.17, 15) is 0 Å². The van der Waals surface area contributed by atoms with E-state index in [1.54, 1.807) is 0 Å². The van der Waals surface area contributed by atoms with E-state index < -0.39 is 0 Å². The van der Waals surface area contributed by atoms with E-state index in [0.717, 1.165) is 5.92 Å². The molecule has 0 bridgehead atoms. The standard InChI is InChI=1S/C13H19N/c1-13(9-12(13)10-14-2)8-11-6-4-3-5-7-11/h3-7,12,14H,8-10H2,1-2H3. The van der Waals surface area contributed by atoms with Crippen LogP contribution in [-0.2, 0) is 6.42 Å². The Morgan fingerprint density at radius 2 is 2.07 bits per heavy atom. The topological polar surface area (TPSA) is 12.0 Å². The third-order valence-electron chi connectivity index (χ3n) is 3.44. The van der Waals surface area contributed by atoms with Crippen molar-refractivity contribution >= 4 is 0 Å². The Hall–Kier alpha value is -0.820. The molecule has 76 valence electrons. The van der Waals surface area contributed by atoms with Gasteiger partial charge in [-0.1, -0.05) is 37.3 Å². The first-order chi connectivity index (χ1) is 6.74. The van der Waals surface area contributed by atoms with Gasteiger partial charge in [-0.3, -0.25) is 0 Å². The summed E-state index contributed by atoms with van der Waals surface area (Å²) in [6.45, 7) is 3.57. The van der Waals surface area contributed by atoms with Crippen LogP contribution in [-0.4, -0.2) is 13.6 Å². The largest absolute Gasteiger partial charge is 0.319 e. The minimum absolute atomic E-state index is 0.560. The summed E-state index contributed by atoms with van der Waals surface area (Å²) in [5, 5.41) is 3.27. The molecule has 0 saturated heterocycles. The summed E-state index contributed by atoms with van der Waals surface area (Å²) in [6.07, 6.45) is 2.61. The highest BCUT2D eigenvalue weighted by atomic mass is 14.8. The maximum atomic E-state index is 3.27. The van der Waals surface area contributed by atoms with E-state index in [1.807, 2.05) is 7.05 Å². The van der Waals surface area contributed by atoms with Crippen LogP contribution in [0.15, 0.2) is 30.3 Å². The second-order valence-electron chi connectivity index (χ2n) is 4.78.